The molecule has 45 heteroatoms. The molecule has 6 aliphatic heterocycles. The van der Waals surface area contributed by atoms with Gasteiger partial charge in [-0.1, -0.05) is 31.9 Å². The highest BCUT2D eigenvalue weighted by molar-refractivity contribution is 6.13. The van der Waals surface area contributed by atoms with Gasteiger partial charge in [-0.3, -0.25) is 48.1 Å². The third-order valence-corrected chi connectivity index (χ3v) is 23.7. The Kier molecular flexibility index (Phi) is 45.5. The molecular formula is C90H135N11O34. The van der Waals surface area contributed by atoms with E-state index in [0.29, 0.717) is 159 Å². The summed E-state index contributed by atoms with van der Waals surface area (Å²) in [5.74, 6) is -2.86. The first kappa shape index (κ1) is 109. The highest BCUT2D eigenvalue weighted by Crippen LogP contribution is 2.43. The van der Waals surface area contributed by atoms with Crippen LogP contribution in [0.5, 0.6) is 5.75 Å². The Bertz CT molecular complexity index is 4530. The number of likely N-dealkylation sites (N-methyl/N-ethyl adjacent to an activating group) is 1. The van der Waals surface area contributed by atoms with Gasteiger partial charge < -0.3 is 148 Å². The summed E-state index contributed by atoms with van der Waals surface area (Å²) in [6, 6.07) is 6.56. The number of aliphatic hydroxyl groups excluding tert-OH is 8. The number of aliphatic hydroxyl groups is 8. The maximum absolute atomic E-state index is 13.8. The summed E-state index contributed by atoms with van der Waals surface area (Å²) in [5, 5.41) is 118. The van der Waals surface area contributed by atoms with Gasteiger partial charge in [-0.2, -0.15) is 0 Å². The van der Waals surface area contributed by atoms with Gasteiger partial charge in [0.25, 0.3) is 17.4 Å². The van der Waals surface area contributed by atoms with E-state index in [1.807, 2.05) is 27.7 Å². The number of fused-ring (bicyclic) bond motifs is 5. The van der Waals surface area contributed by atoms with Crippen LogP contribution in [0.15, 0.2) is 47.4 Å². The highest BCUT2D eigenvalue weighted by Gasteiger charge is 2.53. The number of aromatic nitrogens is 5. The molecule has 0 spiro atoms. The van der Waals surface area contributed by atoms with E-state index in [1.54, 1.807) is 53.6 Å². The number of aromatic hydroxyl groups is 1. The standard InChI is InChI=1S/C46H83N5O22.C30H32N4O9.C14H20N2O3/c1-4-63-20-22-65-18-14-47-33(53)12-8-6-10-17-68-43-32(28-69-45-39(59)36(56)35(55)30(26-52)71-45)73-46(41(61)38(43)58)70-27-31-42(37(57)40(60)44(62-3)72-31)67-16-11-7-9-13-34(54)48-24-29-25-51(50-49-29)15-19-66-23-21-64-5-2;1-4-17-18-9-16(35)7-8-22(18)33-27-19(17)12-34-23(27)10-21-20(28(34)39)13-42-29(40)30(21,5-2)43-26(38)11-32-25(37)15-41-14-24(36)31-6-3;1-2-15-14(19)11-5-3-10(4-6-11)9-16-12(17)7-8-13(16)18/h25,30-32,35-46,52,55-61H,4-24,26-28H2,1-3H3,(H,47,53)(H,48,54);7-10,35H,4-6,11-15H2,1-3H3,(H,31,36)(H,32,37);7-8,10-11H,2-6,9H2,1H3,(H,15,19)/t30-,31-,32-,35-,36+,37-,38-,39-,40-,41-,42-,43-,44+,45+,46+;30-;/m10./s1. The van der Waals surface area contributed by atoms with Crippen LogP contribution in [-0.4, -0.2) is 360 Å². The third kappa shape index (κ3) is 31.2. The molecule has 1 saturated carbocycles. The van der Waals surface area contributed by atoms with Gasteiger partial charge >= 0.3 is 11.9 Å². The Morgan fingerprint density at radius 1 is 0.585 bits per heavy atom. The van der Waals surface area contributed by atoms with E-state index in [9.17, 15) is 93.9 Å². The number of benzene rings is 1. The minimum absolute atomic E-state index is 0.0332. The molecule has 45 nitrogen and oxygen atoms in total. The largest absolute Gasteiger partial charge is 0.508 e. The van der Waals surface area contributed by atoms with Gasteiger partial charge in [-0.25, -0.2) is 14.5 Å². The second-order valence-electron chi connectivity index (χ2n) is 33.1. The summed E-state index contributed by atoms with van der Waals surface area (Å²) in [6.45, 7) is 14.9. The van der Waals surface area contributed by atoms with Crippen LogP contribution in [0.4, 0.5) is 0 Å². The van der Waals surface area contributed by atoms with Crippen molar-refractivity contribution < 1.29 is 160 Å². The Morgan fingerprint density at radius 2 is 1.17 bits per heavy atom. The molecule has 11 rings (SSSR count). The lowest BCUT2D eigenvalue weighted by atomic mass is 9.81. The second-order valence-corrected chi connectivity index (χ2v) is 33.1. The van der Waals surface area contributed by atoms with E-state index in [4.69, 9.17) is 76.0 Å². The Balaban J connectivity index is 0.000000273. The number of rotatable bonds is 52. The molecule has 0 radical (unpaired) electrons. The lowest BCUT2D eigenvalue weighted by molar-refractivity contribution is -0.345. The molecule has 7 amide bonds. The molecule has 1 aromatic carbocycles. The molecule has 0 unspecified atom stereocenters. The first-order valence-electron chi connectivity index (χ1n) is 46.4. The summed E-state index contributed by atoms with van der Waals surface area (Å²) >= 11 is 0. The molecule has 0 bridgehead atoms. The quantitative estimate of drug-likeness (QED) is 0.0118. The van der Waals surface area contributed by atoms with Crippen LogP contribution < -0.4 is 32.1 Å². The summed E-state index contributed by atoms with van der Waals surface area (Å²) in [4.78, 5) is 129. The zero-order valence-corrected chi connectivity index (χ0v) is 77.6. The lowest BCUT2D eigenvalue weighted by Crippen LogP contribution is -2.63. The number of nitrogens with one attached hydrogen (secondary N) is 5. The van der Waals surface area contributed by atoms with Gasteiger partial charge in [0, 0.05) is 107 Å². The van der Waals surface area contributed by atoms with Gasteiger partial charge in [-0.15, -0.1) is 5.10 Å². The number of unbranched alkanes of at least 4 members (excludes halogenated alkanes) is 4. The maximum Gasteiger partial charge on any atom is 0.355 e. The van der Waals surface area contributed by atoms with E-state index >= 15 is 0 Å². The van der Waals surface area contributed by atoms with Crippen molar-refractivity contribution in [1.29, 1.82) is 0 Å². The number of phenols is 1. The number of aryl methyl sites for hydroxylation is 1. The number of amides is 7. The van der Waals surface area contributed by atoms with Crippen molar-refractivity contribution >= 4 is 64.2 Å². The molecule has 3 saturated heterocycles. The van der Waals surface area contributed by atoms with E-state index in [-0.39, 0.29) is 117 Å². The molecule has 1 aliphatic carbocycles. The number of cyclic esters (lactones) is 1. The van der Waals surface area contributed by atoms with Crippen molar-refractivity contribution in [2.75, 3.05) is 139 Å². The molecule has 7 aliphatic rings. The number of nitrogens with zero attached hydrogens (tertiary/aromatic N) is 6. The fraction of sp³-hybridized carbons (Fsp3) is 0.700. The number of methoxy groups -OCH3 is 1. The van der Waals surface area contributed by atoms with Crippen molar-refractivity contribution in [2.45, 2.75) is 255 Å². The maximum atomic E-state index is 13.8. The number of carbonyl (C=O) groups excluding carboxylic acids is 9. The third-order valence-electron chi connectivity index (χ3n) is 23.7. The van der Waals surface area contributed by atoms with Crippen molar-refractivity contribution in [1.82, 2.24) is 56.0 Å². The van der Waals surface area contributed by atoms with Gasteiger partial charge in [0.2, 0.25) is 35.1 Å². The number of pyridine rings is 2. The summed E-state index contributed by atoms with van der Waals surface area (Å²) < 4.78 is 87.1. The Morgan fingerprint density at radius 3 is 1.77 bits per heavy atom. The SMILES string of the molecule is CCNC(=O)C1CCC(CN2C(=O)C=CC2=O)CC1.CCNC(=O)COCC(=O)NCC(=O)O[C@]1(CC)C(=O)OCc2c1cc1n(c2=O)Cc2c-1nc1ccc(O)cc1c2CC.CCOCCOCCNC(=O)CCCCCO[C@H]1[C@H](O)[C@@H](O)[C@@H](OC[C@H]2O[C@H](OC)[C@H](O)[C@@H](O)[C@@H]2OCCCCCC(=O)NCc2cn(CCOCCOCC)nn2)O[C@@H]1CO[C@H]1O[C@H](CO)[C@@H](O)[C@H](O)[C@H]1O. The molecule has 9 heterocycles. The highest BCUT2D eigenvalue weighted by atomic mass is 16.8. The molecule has 14 N–H and O–H groups in total. The number of hydrogen-bond donors (Lipinski definition) is 14. The topological polar surface area (TPSA) is 603 Å². The number of esters is 2. The molecule has 3 aromatic heterocycles. The monoisotopic (exact) mass is 1910 g/mol. The minimum Gasteiger partial charge on any atom is -0.508 e. The zero-order valence-electron chi connectivity index (χ0n) is 77.6. The van der Waals surface area contributed by atoms with Gasteiger partial charge in [-0.05, 0) is 128 Å². The fourth-order valence-electron chi connectivity index (χ4n) is 16.5. The van der Waals surface area contributed by atoms with Gasteiger partial charge in [0.05, 0.1) is 108 Å². The first-order chi connectivity index (χ1) is 65.1. The molecule has 135 heavy (non-hydrogen) atoms. The van der Waals surface area contributed by atoms with E-state index in [0.717, 1.165) is 42.2 Å². The molecule has 4 fully saturated rings. The predicted molar refractivity (Wildman–Crippen MR) is 472 cm³/mol. The normalized spacial score (nSPS) is 25.6. The van der Waals surface area contributed by atoms with Gasteiger partial charge in [0.15, 0.2) is 18.9 Å². The number of carbonyl (C=O) groups is 9. The van der Waals surface area contributed by atoms with Crippen molar-refractivity contribution in [2.24, 2.45) is 11.8 Å². The van der Waals surface area contributed by atoms with Crippen LogP contribution in [0.3, 0.4) is 0 Å². The number of phenolic OH excluding ortho intramolecular Hbond substituents is 1. The Hall–Kier alpha value is -9.15. The number of ether oxygens (including phenoxy) is 15. The number of hydrogen-bond acceptors (Lipinski definition) is 37. The van der Waals surface area contributed by atoms with Crippen LogP contribution in [0.2, 0.25) is 0 Å². The minimum atomic E-state index is -1.92. The van der Waals surface area contributed by atoms with Crippen molar-refractivity contribution in [3.05, 3.63) is 80.9 Å². The second kappa shape index (κ2) is 56.0. The molecular weight excluding hydrogens is 1780 g/mol. The Labute approximate surface area is 781 Å². The van der Waals surface area contributed by atoms with Crippen LogP contribution in [-0.2, 0) is 152 Å². The number of imide groups is 1. The van der Waals surface area contributed by atoms with E-state index in [1.165, 1.54) is 24.2 Å². The van der Waals surface area contributed by atoms with Crippen LogP contribution in [0, 0.1) is 11.8 Å². The van der Waals surface area contributed by atoms with E-state index < -0.39 is 154 Å². The molecule has 4 aromatic rings. The fourth-order valence-corrected chi connectivity index (χ4v) is 16.5. The van der Waals surface area contributed by atoms with Crippen LogP contribution >= 0.6 is 0 Å². The smallest absolute Gasteiger partial charge is 0.355 e. The average molecular weight is 1920 g/mol. The van der Waals surface area contributed by atoms with E-state index in [2.05, 4.69) is 36.9 Å². The summed E-state index contributed by atoms with van der Waals surface area (Å²) in [6.07, 6.45) is -9.78. The zero-order chi connectivity index (χ0) is 97.7. The predicted octanol–water partition coefficient (Wildman–Crippen LogP) is -1.60. The average Bonchev–Trinajstić information content (AvgIpc) is 1.58. The van der Waals surface area contributed by atoms with Crippen LogP contribution in [0.25, 0.3) is 22.3 Å². The van der Waals surface area contributed by atoms with Crippen molar-refractivity contribution in [3.63, 3.8) is 0 Å². The summed E-state index contributed by atoms with van der Waals surface area (Å²) in [7, 11) is 1.27. The summed E-state index contributed by atoms with van der Waals surface area (Å²) in [5.41, 5.74) is 2.17. The lowest BCUT2D eigenvalue weighted by Gasteiger charge is -2.45. The first-order valence-corrected chi connectivity index (χ1v) is 46.4. The van der Waals surface area contributed by atoms with Crippen LogP contribution in [0.1, 0.15) is 153 Å². The van der Waals surface area contributed by atoms with Crippen molar-refractivity contribution in [3.8, 4) is 17.1 Å². The molecule has 16 atom stereocenters. The molecule has 754 valence electrons. The van der Waals surface area contributed by atoms with Gasteiger partial charge in [0.1, 0.15) is 111 Å².